The lowest BCUT2D eigenvalue weighted by Crippen LogP contribution is -2.49. The van der Waals surface area contributed by atoms with E-state index in [1.54, 1.807) is 0 Å². The van der Waals surface area contributed by atoms with E-state index < -0.39 is 42.4 Å². The van der Waals surface area contributed by atoms with Crippen LogP contribution in [0.2, 0.25) is 0 Å². The number of aliphatic carboxylic acids is 2. The number of halogens is 1. The number of hydrogen-bond donors (Lipinski definition) is 7. The molecule has 0 aliphatic rings. The summed E-state index contributed by atoms with van der Waals surface area (Å²) < 4.78 is 0.262. The minimum Gasteiger partial charge on any atom is -0.507 e. The number of amides is 2. The van der Waals surface area contributed by atoms with Crippen LogP contribution in [-0.4, -0.2) is 68.6 Å². The van der Waals surface area contributed by atoms with Gasteiger partial charge in [-0.1, -0.05) is 0 Å². The zero-order valence-electron chi connectivity index (χ0n) is 14.9. The predicted molar refractivity (Wildman–Crippen MR) is 106 cm³/mol. The summed E-state index contributed by atoms with van der Waals surface area (Å²) in [4.78, 5) is 45.8. The molecule has 2 amide bonds. The van der Waals surface area contributed by atoms with Crippen molar-refractivity contribution in [1.29, 1.82) is 0 Å². The van der Waals surface area contributed by atoms with Gasteiger partial charge in [0.2, 0.25) is 11.8 Å². The molecule has 0 unspecified atom stereocenters. The molecule has 160 valence electrons. The molecule has 0 aliphatic carbocycles. The highest BCUT2D eigenvalue weighted by molar-refractivity contribution is 9.10. The fraction of sp³-hybridized carbons (Fsp3) is 0.375. The largest absolute Gasteiger partial charge is 0.507 e. The first-order valence-electron chi connectivity index (χ1n) is 8.12. The number of thioether (sulfide) groups is 1. The van der Waals surface area contributed by atoms with Gasteiger partial charge in [0, 0.05) is 12.2 Å². The van der Waals surface area contributed by atoms with Gasteiger partial charge in [0.15, 0.2) is 0 Å². The van der Waals surface area contributed by atoms with Crippen LogP contribution >= 0.6 is 27.7 Å². The molecule has 0 saturated carbocycles. The molecule has 2 atom stereocenters. The van der Waals surface area contributed by atoms with E-state index >= 15 is 0 Å². The Balaban J connectivity index is 2.81. The van der Waals surface area contributed by atoms with E-state index in [1.165, 1.54) is 12.1 Å². The van der Waals surface area contributed by atoms with Gasteiger partial charge in [0.25, 0.3) is 0 Å². The Morgan fingerprint density at radius 3 is 2.38 bits per heavy atom. The minimum absolute atomic E-state index is 0.100. The van der Waals surface area contributed by atoms with Crippen molar-refractivity contribution in [3.05, 3.63) is 16.6 Å². The van der Waals surface area contributed by atoms with Gasteiger partial charge >= 0.3 is 11.9 Å². The van der Waals surface area contributed by atoms with Crippen LogP contribution in [0.5, 0.6) is 11.5 Å². The van der Waals surface area contributed by atoms with Crippen LogP contribution in [0, 0.1) is 0 Å². The molecular formula is C16H20BrN3O8S. The van der Waals surface area contributed by atoms with Crippen molar-refractivity contribution in [2.75, 3.05) is 12.3 Å². The second-order valence-electron chi connectivity index (χ2n) is 5.80. The standard InChI is InChI=1S/C16H20BrN3O8S/c17-7-3-11(22)12(4-10(7)21)29-6-9(15(26)19-5-14(24)25)20-13(23)2-1-8(18)16(27)28/h3-4,8-9,21-22H,1-2,5-6,18H2,(H,19,26)(H,20,23)(H,24,25)(H,27,28)/t8-,9-/m0/s1. The van der Waals surface area contributed by atoms with Crippen LogP contribution in [0.3, 0.4) is 0 Å². The molecule has 1 rings (SSSR count). The maximum atomic E-state index is 12.2. The number of rotatable bonds is 11. The number of nitrogens with one attached hydrogen (secondary N) is 2. The van der Waals surface area contributed by atoms with Gasteiger partial charge in [0.05, 0.1) is 9.37 Å². The molecule has 0 aliphatic heterocycles. The molecule has 1 aromatic carbocycles. The van der Waals surface area contributed by atoms with E-state index in [4.69, 9.17) is 15.9 Å². The highest BCUT2D eigenvalue weighted by Gasteiger charge is 2.23. The quantitative estimate of drug-likeness (QED) is 0.160. The summed E-state index contributed by atoms with van der Waals surface area (Å²) in [7, 11) is 0. The van der Waals surface area contributed by atoms with Crippen LogP contribution < -0.4 is 16.4 Å². The Morgan fingerprint density at radius 1 is 1.14 bits per heavy atom. The van der Waals surface area contributed by atoms with Crippen molar-refractivity contribution in [1.82, 2.24) is 10.6 Å². The van der Waals surface area contributed by atoms with E-state index in [1.807, 2.05) is 0 Å². The highest BCUT2D eigenvalue weighted by Crippen LogP contribution is 2.37. The zero-order valence-corrected chi connectivity index (χ0v) is 17.3. The van der Waals surface area contributed by atoms with Crippen LogP contribution in [0.25, 0.3) is 0 Å². The van der Waals surface area contributed by atoms with Gasteiger partial charge < -0.3 is 36.8 Å². The van der Waals surface area contributed by atoms with Crippen LogP contribution in [-0.2, 0) is 19.2 Å². The second-order valence-corrected chi connectivity index (χ2v) is 7.71. The van der Waals surface area contributed by atoms with Crippen LogP contribution in [0.4, 0.5) is 0 Å². The summed E-state index contributed by atoms with van der Waals surface area (Å²) in [5.74, 6) is -4.41. The Hall–Kier alpha value is -2.51. The van der Waals surface area contributed by atoms with Crippen molar-refractivity contribution in [3.63, 3.8) is 0 Å². The lowest BCUT2D eigenvalue weighted by Gasteiger charge is -2.18. The SMILES string of the molecule is N[C@@H](CCC(=O)N[C@@H](CSc1cc(O)c(Br)cc1O)C(=O)NCC(=O)O)C(=O)O. The molecule has 0 heterocycles. The van der Waals surface area contributed by atoms with Crippen LogP contribution in [0.1, 0.15) is 12.8 Å². The fourth-order valence-electron chi connectivity index (χ4n) is 1.97. The number of hydrogen-bond acceptors (Lipinski definition) is 8. The molecule has 0 aromatic heterocycles. The number of carbonyl (C=O) groups excluding carboxylic acids is 2. The number of carboxylic acid groups (broad SMARTS) is 2. The van der Waals surface area contributed by atoms with E-state index in [9.17, 15) is 29.4 Å². The van der Waals surface area contributed by atoms with Crippen molar-refractivity contribution in [2.45, 2.75) is 29.8 Å². The summed E-state index contributed by atoms with van der Waals surface area (Å²) in [6.07, 6.45) is -0.412. The van der Waals surface area contributed by atoms with Gasteiger partial charge in [-0.3, -0.25) is 19.2 Å². The Labute approximate surface area is 177 Å². The molecule has 8 N–H and O–H groups in total. The number of aromatic hydroxyl groups is 2. The van der Waals surface area contributed by atoms with Gasteiger partial charge in [-0.15, -0.1) is 11.8 Å². The third-order valence-electron chi connectivity index (χ3n) is 3.50. The molecular weight excluding hydrogens is 474 g/mol. The topological polar surface area (TPSA) is 199 Å². The molecule has 13 heteroatoms. The maximum Gasteiger partial charge on any atom is 0.322 e. The number of carbonyl (C=O) groups is 4. The monoisotopic (exact) mass is 493 g/mol. The number of carboxylic acids is 2. The summed E-state index contributed by atoms with van der Waals surface area (Å²) in [6, 6.07) is 0.0859. The number of nitrogens with two attached hydrogens (primary N) is 1. The van der Waals surface area contributed by atoms with Gasteiger partial charge in [0.1, 0.15) is 30.1 Å². The van der Waals surface area contributed by atoms with E-state index in [0.717, 1.165) is 11.8 Å². The minimum atomic E-state index is -1.28. The van der Waals surface area contributed by atoms with Crippen molar-refractivity contribution >= 4 is 51.4 Å². The normalized spacial score (nSPS) is 12.6. The first-order chi connectivity index (χ1) is 13.5. The molecule has 29 heavy (non-hydrogen) atoms. The van der Waals surface area contributed by atoms with Crippen molar-refractivity contribution in [2.24, 2.45) is 5.73 Å². The molecule has 1 aromatic rings. The maximum absolute atomic E-state index is 12.2. The van der Waals surface area contributed by atoms with E-state index in [-0.39, 0.29) is 39.5 Å². The number of phenolic OH excluding ortho intramolecular Hbond substituents is 2. The van der Waals surface area contributed by atoms with Crippen LogP contribution in [0.15, 0.2) is 21.5 Å². The Morgan fingerprint density at radius 2 is 1.79 bits per heavy atom. The fourth-order valence-corrected chi connectivity index (χ4v) is 3.28. The first-order valence-corrected chi connectivity index (χ1v) is 9.90. The lowest BCUT2D eigenvalue weighted by atomic mass is 10.1. The molecule has 0 fully saturated rings. The average Bonchev–Trinajstić information content (AvgIpc) is 2.64. The highest BCUT2D eigenvalue weighted by atomic mass is 79.9. The van der Waals surface area contributed by atoms with Gasteiger partial charge in [-0.05, 0) is 34.5 Å². The molecule has 0 radical (unpaired) electrons. The molecule has 0 bridgehead atoms. The number of phenols is 2. The predicted octanol–water partition coefficient (Wildman–Crippen LogP) is -0.170. The smallest absolute Gasteiger partial charge is 0.322 e. The number of benzene rings is 1. The summed E-state index contributed by atoms with van der Waals surface area (Å²) in [6.45, 7) is -0.663. The second kappa shape index (κ2) is 11.5. The van der Waals surface area contributed by atoms with Crippen molar-refractivity contribution in [3.8, 4) is 11.5 Å². The van der Waals surface area contributed by atoms with E-state index in [0.29, 0.717) is 0 Å². The summed E-state index contributed by atoms with van der Waals surface area (Å²) in [5, 5.41) is 41.6. The van der Waals surface area contributed by atoms with Crippen molar-refractivity contribution < 1.29 is 39.6 Å². The molecule has 11 nitrogen and oxygen atoms in total. The third-order valence-corrected chi connectivity index (χ3v) is 5.27. The summed E-state index contributed by atoms with van der Waals surface area (Å²) in [5.41, 5.74) is 5.33. The summed E-state index contributed by atoms with van der Waals surface area (Å²) >= 11 is 3.98. The Bertz CT molecular complexity index is 792. The average molecular weight is 494 g/mol. The molecule has 0 saturated heterocycles. The van der Waals surface area contributed by atoms with E-state index in [2.05, 4.69) is 26.6 Å². The van der Waals surface area contributed by atoms with Gasteiger partial charge in [-0.2, -0.15) is 0 Å². The molecule has 0 spiro atoms. The lowest BCUT2D eigenvalue weighted by molar-refractivity contribution is -0.139. The Kier molecular flexibility index (Phi) is 9.71. The van der Waals surface area contributed by atoms with Gasteiger partial charge in [-0.25, -0.2) is 0 Å². The first kappa shape index (κ1) is 24.5. The zero-order chi connectivity index (χ0) is 22.1. The third kappa shape index (κ3) is 8.58.